The first-order chi connectivity index (χ1) is 11.4. The van der Waals surface area contributed by atoms with Crippen molar-refractivity contribution in [3.05, 3.63) is 35.9 Å². The smallest absolute Gasteiger partial charge is 0.223 e. The topological polar surface area (TPSA) is 60.9 Å². The van der Waals surface area contributed by atoms with E-state index in [0.717, 1.165) is 18.7 Å². The lowest BCUT2D eigenvalue weighted by Crippen LogP contribution is -2.48. The summed E-state index contributed by atoms with van der Waals surface area (Å²) in [5, 5.41) is 0. The Morgan fingerprint density at radius 1 is 1.12 bits per heavy atom. The van der Waals surface area contributed by atoms with E-state index in [9.17, 15) is 13.2 Å². The fourth-order valence-corrected chi connectivity index (χ4v) is 4.16. The highest BCUT2D eigenvalue weighted by Gasteiger charge is 2.26. The Hall–Kier alpha value is -1.44. The number of carbonyl (C=O) groups excluding carboxylic acids is 1. The Morgan fingerprint density at radius 2 is 1.75 bits per heavy atom. The van der Waals surface area contributed by atoms with Crippen LogP contribution in [-0.4, -0.2) is 74.0 Å². The second-order valence-corrected chi connectivity index (χ2v) is 8.25. The van der Waals surface area contributed by atoms with Crippen LogP contribution < -0.4 is 0 Å². The molecule has 0 radical (unpaired) electrons. The highest BCUT2D eigenvalue weighted by atomic mass is 32.2. The minimum absolute atomic E-state index is 0.0370. The number of amides is 1. The monoisotopic (exact) mass is 353 g/mol. The van der Waals surface area contributed by atoms with Crippen molar-refractivity contribution in [3.63, 3.8) is 0 Å². The van der Waals surface area contributed by atoms with Crippen molar-refractivity contribution in [1.82, 2.24) is 14.1 Å². The molecule has 7 heteroatoms. The third-order valence-electron chi connectivity index (χ3n) is 4.38. The highest BCUT2D eigenvalue weighted by molar-refractivity contribution is 7.89. The molecule has 1 saturated heterocycles. The zero-order valence-corrected chi connectivity index (χ0v) is 15.3. The fraction of sp³-hybridized carbons (Fsp3) is 0.588. The first-order valence-corrected chi connectivity index (χ1v) is 10.0. The van der Waals surface area contributed by atoms with Gasteiger partial charge in [-0.1, -0.05) is 30.3 Å². The number of carbonyl (C=O) groups is 1. The van der Waals surface area contributed by atoms with Crippen LogP contribution in [0.15, 0.2) is 30.3 Å². The molecule has 1 heterocycles. The summed E-state index contributed by atoms with van der Waals surface area (Å²) in [5.41, 5.74) is 1.05. The van der Waals surface area contributed by atoms with Gasteiger partial charge >= 0.3 is 0 Å². The summed E-state index contributed by atoms with van der Waals surface area (Å²) >= 11 is 0. The average Bonchev–Trinajstić information content (AvgIpc) is 2.59. The molecular weight excluding hydrogens is 326 g/mol. The van der Waals surface area contributed by atoms with E-state index in [0.29, 0.717) is 26.2 Å². The molecular formula is C17H27N3O3S. The number of hydrogen-bond acceptors (Lipinski definition) is 4. The third kappa shape index (κ3) is 5.29. The van der Waals surface area contributed by atoms with Crippen molar-refractivity contribution in [2.75, 3.05) is 45.5 Å². The second-order valence-electron chi connectivity index (χ2n) is 6.16. The van der Waals surface area contributed by atoms with Crippen molar-refractivity contribution >= 4 is 15.9 Å². The van der Waals surface area contributed by atoms with Crippen LogP contribution in [0, 0.1) is 0 Å². The molecule has 134 valence electrons. The van der Waals surface area contributed by atoms with Gasteiger partial charge < -0.3 is 9.80 Å². The van der Waals surface area contributed by atoms with Crippen LogP contribution in [0.3, 0.4) is 0 Å². The number of sulfonamides is 1. The lowest BCUT2D eigenvalue weighted by atomic mass is 10.2. The maximum absolute atomic E-state index is 12.4. The molecule has 0 aromatic heterocycles. The van der Waals surface area contributed by atoms with Gasteiger partial charge in [0.2, 0.25) is 15.9 Å². The first kappa shape index (κ1) is 18.9. The number of piperazine rings is 1. The zero-order valence-electron chi connectivity index (χ0n) is 14.5. The first-order valence-electron chi connectivity index (χ1n) is 8.40. The minimum Gasteiger partial charge on any atom is -0.339 e. The quantitative estimate of drug-likeness (QED) is 0.734. The van der Waals surface area contributed by atoms with Gasteiger partial charge in [0.15, 0.2) is 0 Å². The van der Waals surface area contributed by atoms with Crippen molar-refractivity contribution in [1.29, 1.82) is 0 Å². The van der Waals surface area contributed by atoms with Crippen molar-refractivity contribution in [3.8, 4) is 0 Å². The van der Waals surface area contributed by atoms with Gasteiger partial charge in [0, 0.05) is 45.7 Å². The van der Waals surface area contributed by atoms with Gasteiger partial charge in [-0.05, 0) is 19.5 Å². The summed E-state index contributed by atoms with van der Waals surface area (Å²) in [6.07, 6.45) is 0.0370. The summed E-state index contributed by atoms with van der Waals surface area (Å²) in [6, 6.07) is 9.75. The predicted octanol–water partition coefficient (Wildman–Crippen LogP) is 1.00. The van der Waals surface area contributed by atoms with E-state index in [2.05, 4.69) is 4.90 Å². The van der Waals surface area contributed by atoms with Crippen LogP contribution in [-0.2, 0) is 21.4 Å². The van der Waals surface area contributed by atoms with Crippen LogP contribution in [0.1, 0.15) is 18.9 Å². The van der Waals surface area contributed by atoms with Gasteiger partial charge in [0.05, 0.1) is 5.75 Å². The molecule has 0 N–H and O–H groups in total. The molecule has 1 aromatic rings. The molecule has 0 saturated carbocycles. The van der Waals surface area contributed by atoms with Crippen molar-refractivity contribution < 1.29 is 13.2 Å². The Labute approximate surface area is 145 Å². The number of rotatable bonds is 7. The maximum atomic E-state index is 12.4. The Balaban J connectivity index is 1.88. The standard InChI is InChI=1S/C17H27N3O3S/c1-3-19(15-16-7-5-4-6-8-16)17(21)9-14-24(22,23)20-12-10-18(2)11-13-20/h4-8H,3,9-15H2,1-2H3. The summed E-state index contributed by atoms with van der Waals surface area (Å²) in [6.45, 7) is 5.50. The predicted molar refractivity (Wildman–Crippen MR) is 95.0 cm³/mol. The molecule has 2 rings (SSSR count). The average molecular weight is 353 g/mol. The van der Waals surface area contributed by atoms with E-state index in [4.69, 9.17) is 0 Å². The van der Waals surface area contributed by atoms with Gasteiger partial charge in [-0.2, -0.15) is 4.31 Å². The summed E-state index contributed by atoms with van der Waals surface area (Å²) in [7, 11) is -1.37. The zero-order chi connectivity index (χ0) is 17.6. The Bertz CT molecular complexity index is 626. The van der Waals surface area contributed by atoms with Crippen LogP contribution in [0.5, 0.6) is 0 Å². The number of hydrogen-bond donors (Lipinski definition) is 0. The summed E-state index contributed by atoms with van der Waals surface area (Å²) in [4.78, 5) is 16.2. The Morgan fingerprint density at radius 3 is 2.33 bits per heavy atom. The van der Waals surface area contributed by atoms with E-state index in [1.807, 2.05) is 44.3 Å². The molecule has 0 aliphatic carbocycles. The molecule has 1 aliphatic rings. The maximum Gasteiger partial charge on any atom is 0.223 e. The third-order valence-corrected chi connectivity index (χ3v) is 6.25. The van der Waals surface area contributed by atoms with Crippen molar-refractivity contribution in [2.24, 2.45) is 0 Å². The normalized spacial score (nSPS) is 16.9. The fourth-order valence-electron chi connectivity index (χ4n) is 2.75. The summed E-state index contributed by atoms with van der Waals surface area (Å²) in [5.74, 6) is -0.222. The molecule has 24 heavy (non-hydrogen) atoms. The van der Waals surface area contributed by atoms with Gasteiger partial charge in [-0.15, -0.1) is 0 Å². The van der Waals surface area contributed by atoms with E-state index < -0.39 is 10.0 Å². The lowest BCUT2D eigenvalue weighted by molar-refractivity contribution is -0.131. The van der Waals surface area contributed by atoms with E-state index in [1.54, 1.807) is 4.90 Å². The number of likely N-dealkylation sites (N-methyl/N-ethyl adjacent to an activating group) is 1. The molecule has 0 spiro atoms. The van der Waals surface area contributed by atoms with Crippen LogP contribution >= 0.6 is 0 Å². The van der Waals surface area contributed by atoms with Gasteiger partial charge in [0.1, 0.15) is 0 Å². The molecule has 1 amide bonds. The molecule has 1 fully saturated rings. The van der Waals surface area contributed by atoms with E-state index in [1.165, 1.54) is 4.31 Å². The number of nitrogens with zero attached hydrogens (tertiary/aromatic N) is 3. The Kier molecular flexibility index (Phi) is 6.77. The SMILES string of the molecule is CCN(Cc1ccccc1)C(=O)CCS(=O)(=O)N1CCN(C)CC1. The van der Waals surface area contributed by atoms with E-state index in [-0.39, 0.29) is 18.1 Å². The van der Waals surface area contributed by atoms with Crippen LogP contribution in [0.4, 0.5) is 0 Å². The molecule has 1 aliphatic heterocycles. The van der Waals surface area contributed by atoms with Gasteiger partial charge in [-0.3, -0.25) is 4.79 Å². The second kappa shape index (κ2) is 8.60. The van der Waals surface area contributed by atoms with Crippen molar-refractivity contribution in [2.45, 2.75) is 19.9 Å². The van der Waals surface area contributed by atoms with Gasteiger partial charge in [0.25, 0.3) is 0 Å². The van der Waals surface area contributed by atoms with Crippen LogP contribution in [0.25, 0.3) is 0 Å². The molecule has 0 atom stereocenters. The van der Waals surface area contributed by atoms with Gasteiger partial charge in [-0.25, -0.2) is 8.42 Å². The molecule has 6 nitrogen and oxygen atoms in total. The highest BCUT2D eigenvalue weighted by Crippen LogP contribution is 2.10. The number of benzene rings is 1. The lowest BCUT2D eigenvalue weighted by Gasteiger charge is -2.31. The molecule has 1 aromatic carbocycles. The molecule has 0 bridgehead atoms. The van der Waals surface area contributed by atoms with Crippen LogP contribution in [0.2, 0.25) is 0 Å². The van der Waals surface area contributed by atoms with E-state index >= 15 is 0 Å². The minimum atomic E-state index is -3.36. The largest absolute Gasteiger partial charge is 0.339 e. The summed E-state index contributed by atoms with van der Waals surface area (Å²) < 4.78 is 26.3. The molecule has 0 unspecified atom stereocenters.